The van der Waals surface area contributed by atoms with Crippen molar-refractivity contribution in [3.63, 3.8) is 0 Å². The van der Waals surface area contributed by atoms with Gasteiger partial charge in [0.15, 0.2) is 5.65 Å². The van der Waals surface area contributed by atoms with Crippen LogP contribution in [0.25, 0.3) is 5.65 Å². The largest absolute Gasteiger partial charge is 0.305 e. The van der Waals surface area contributed by atoms with Gasteiger partial charge in [-0.05, 0) is 18.6 Å². The maximum Gasteiger partial charge on any atom is 0.232 e. The summed E-state index contributed by atoms with van der Waals surface area (Å²) in [5.41, 5.74) is 1.13. The highest BCUT2D eigenvalue weighted by atomic mass is 32.2. The fraction of sp³-hybridized carbons (Fsp3) is 0.300. The van der Waals surface area contributed by atoms with E-state index in [2.05, 4.69) is 9.71 Å². The molecule has 0 saturated carbocycles. The molecule has 86 valence electrons. The summed E-state index contributed by atoms with van der Waals surface area (Å²) in [6.45, 7) is 1.83. The van der Waals surface area contributed by atoms with Crippen LogP contribution in [-0.4, -0.2) is 23.6 Å². The van der Waals surface area contributed by atoms with E-state index in [-0.39, 0.29) is 5.75 Å². The Hall–Kier alpha value is -1.56. The van der Waals surface area contributed by atoms with Crippen LogP contribution in [-0.2, 0) is 10.0 Å². The number of rotatable bonds is 4. The first kappa shape index (κ1) is 10.9. The van der Waals surface area contributed by atoms with Crippen molar-refractivity contribution in [3.8, 4) is 0 Å². The second kappa shape index (κ2) is 4.13. The van der Waals surface area contributed by atoms with Crippen LogP contribution in [0.2, 0.25) is 0 Å². The Balaban J connectivity index is 2.38. The van der Waals surface area contributed by atoms with Crippen molar-refractivity contribution in [2.75, 3.05) is 10.5 Å². The first-order valence-corrected chi connectivity index (χ1v) is 6.70. The van der Waals surface area contributed by atoms with E-state index in [1.807, 2.05) is 13.1 Å². The lowest BCUT2D eigenvalue weighted by Gasteiger charge is -2.07. The fourth-order valence-corrected chi connectivity index (χ4v) is 2.65. The second-order valence-corrected chi connectivity index (χ2v) is 5.34. The van der Waals surface area contributed by atoms with Gasteiger partial charge in [-0.1, -0.05) is 6.92 Å². The van der Waals surface area contributed by atoms with Crippen LogP contribution in [0.5, 0.6) is 0 Å². The number of nitrogens with one attached hydrogen (secondary N) is 1. The number of hydrogen-bond acceptors (Lipinski definition) is 3. The van der Waals surface area contributed by atoms with E-state index in [1.165, 1.54) is 0 Å². The van der Waals surface area contributed by atoms with Crippen molar-refractivity contribution < 1.29 is 8.42 Å². The van der Waals surface area contributed by atoms with E-state index >= 15 is 0 Å². The molecular formula is C10H13N3O2S. The molecule has 0 unspecified atom stereocenters. The highest BCUT2D eigenvalue weighted by Gasteiger charge is 2.11. The molecule has 16 heavy (non-hydrogen) atoms. The predicted molar refractivity (Wildman–Crippen MR) is 62.9 cm³/mol. The number of fused-ring (bicyclic) bond motifs is 1. The Kier molecular flexibility index (Phi) is 2.82. The first-order chi connectivity index (χ1) is 7.62. The average Bonchev–Trinajstić information content (AvgIpc) is 2.65. The normalized spacial score (nSPS) is 11.8. The van der Waals surface area contributed by atoms with Gasteiger partial charge in [0.1, 0.15) is 0 Å². The maximum absolute atomic E-state index is 11.6. The molecule has 5 nitrogen and oxygen atoms in total. The summed E-state index contributed by atoms with van der Waals surface area (Å²) in [7, 11) is -3.26. The monoisotopic (exact) mass is 239 g/mol. The SMILES string of the molecule is CCCS(=O)(=O)Nc1cccn2ccnc12. The third kappa shape index (κ3) is 2.16. The molecule has 0 amide bonds. The third-order valence-electron chi connectivity index (χ3n) is 2.16. The molecule has 0 aromatic carbocycles. The fourth-order valence-electron chi connectivity index (χ4n) is 1.52. The van der Waals surface area contributed by atoms with Gasteiger partial charge in [-0.15, -0.1) is 0 Å². The minimum absolute atomic E-state index is 0.120. The van der Waals surface area contributed by atoms with Gasteiger partial charge in [0.2, 0.25) is 10.0 Å². The van der Waals surface area contributed by atoms with Gasteiger partial charge in [0, 0.05) is 18.6 Å². The number of imidazole rings is 1. The van der Waals surface area contributed by atoms with E-state index in [9.17, 15) is 8.42 Å². The van der Waals surface area contributed by atoms with Gasteiger partial charge >= 0.3 is 0 Å². The highest BCUT2D eigenvalue weighted by Crippen LogP contribution is 2.16. The van der Waals surface area contributed by atoms with Crippen LogP contribution in [0.4, 0.5) is 5.69 Å². The van der Waals surface area contributed by atoms with E-state index < -0.39 is 10.0 Å². The molecular weight excluding hydrogens is 226 g/mol. The quantitative estimate of drug-likeness (QED) is 0.879. The molecule has 0 aliphatic carbocycles. The van der Waals surface area contributed by atoms with E-state index in [4.69, 9.17) is 0 Å². The molecule has 0 atom stereocenters. The summed E-state index contributed by atoms with van der Waals surface area (Å²) in [4.78, 5) is 4.10. The number of aromatic nitrogens is 2. The summed E-state index contributed by atoms with van der Waals surface area (Å²) in [6, 6.07) is 3.48. The minimum atomic E-state index is -3.26. The zero-order valence-corrected chi connectivity index (χ0v) is 9.74. The summed E-state index contributed by atoms with van der Waals surface area (Å²) in [5.74, 6) is 0.120. The van der Waals surface area contributed by atoms with Crippen molar-refractivity contribution in [3.05, 3.63) is 30.7 Å². The molecule has 1 N–H and O–H groups in total. The number of anilines is 1. The van der Waals surface area contributed by atoms with Crippen molar-refractivity contribution in [2.45, 2.75) is 13.3 Å². The molecule has 0 radical (unpaired) electrons. The Labute approximate surface area is 94.2 Å². The van der Waals surface area contributed by atoms with Gasteiger partial charge in [-0.25, -0.2) is 13.4 Å². The molecule has 0 aliphatic heterocycles. The van der Waals surface area contributed by atoms with Gasteiger partial charge in [-0.3, -0.25) is 4.72 Å². The summed E-state index contributed by atoms with van der Waals surface area (Å²) >= 11 is 0. The molecule has 0 fully saturated rings. The number of sulfonamides is 1. The zero-order chi connectivity index (χ0) is 11.6. The first-order valence-electron chi connectivity index (χ1n) is 5.04. The average molecular weight is 239 g/mol. The summed E-state index contributed by atoms with van der Waals surface area (Å²) in [5, 5.41) is 0. The molecule has 0 spiro atoms. The molecule has 2 heterocycles. The van der Waals surface area contributed by atoms with Crippen LogP contribution in [0.3, 0.4) is 0 Å². The summed E-state index contributed by atoms with van der Waals surface area (Å²) < 4.78 is 27.5. The van der Waals surface area contributed by atoms with Crippen molar-refractivity contribution in [1.82, 2.24) is 9.38 Å². The predicted octanol–water partition coefficient (Wildman–Crippen LogP) is 1.49. The zero-order valence-electron chi connectivity index (χ0n) is 8.92. The number of nitrogens with zero attached hydrogens (tertiary/aromatic N) is 2. The molecule has 0 saturated heterocycles. The van der Waals surface area contributed by atoms with Gasteiger partial charge < -0.3 is 4.40 Å². The molecule has 0 bridgehead atoms. The van der Waals surface area contributed by atoms with Gasteiger partial charge in [0.25, 0.3) is 0 Å². The Bertz CT molecular complexity index is 589. The smallest absolute Gasteiger partial charge is 0.232 e. The lowest BCUT2D eigenvalue weighted by molar-refractivity contribution is 0.600. The lowest BCUT2D eigenvalue weighted by Crippen LogP contribution is -2.16. The molecule has 2 rings (SSSR count). The molecule has 2 aromatic heterocycles. The molecule has 0 aliphatic rings. The topological polar surface area (TPSA) is 63.5 Å². The van der Waals surface area contributed by atoms with E-state index in [0.29, 0.717) is 17.8 Å². The van der Waals surface area contributed by atoms with Crippen LogP contribution in [0.15, 0.2) is 30.7 Å². The summed E-state index contributed by atoms with van der Waals surface area (Å²) in [6.07, 6.45) is 5.81. The highest BCUT2D eigenvalue weighted by molar-refractivity contribution is 7.92. The number of hydrogen-bond donors (Lipinski definition) is 1. The Morgan fingerprint density at radius 3 is 3.00 bits per heavy atom. The molecule has 6 heteroatoms. The number of pyridine rings is 1. The minimum Gasteiger partial charge on any atom is -0.305 e. The Morgan fingerprint density at radius 2 is 2.25 bits per heavy atom. The van der Waals surface area contributed by atoms with Crippen molar-refractivity contribution >= 4 is 21.4 Å². The Morgan fingerprint density at radius 1 is 1.44 bits per heavy atom. The van der Waals surface area contributed by atoms with Gasteiger partial charge in [0.05, 0.1) is 11.4 Å². The van der Waals surface area contributed by atoms with Crippen LogP contribution < -0.4 is 4.72 Å². The maximum atomic E-state index is 11.6. The standard InChI is InChI=1S/C10H13N3O2S/c1-2-8-16(14,15)12-9-4-3-6-13-7-5-11-10(9)13/h3-7,12H,2,8H2,1H3. The van der Waals surface area contributed by atoms with Crippen molar-refractivity contribution in [1.29, 1.82) is 0 Å². The second-order valence-electron chi connectivity index (χ2n) is 3.50. The van der Waals surface area contributed by atoms with Crippen LogP contribution in [0.1, 0.15) is 13.3 Å². The lowest BCUT2D eigenvalue weighted by atomic mass is 10.4. The van der Waals surface area contributed by atoms with Gasteiger partial charge in [-0.2, -0.15) is 0 Å². The van der Waals surface area contributed by atoms with Crippen LogP contribution in [0, 0.1) is 0 Å². The molecule has 2 aromatic rings. The third-order valence-corrected chi connectivity index (χ3v) is 3.63. The van der Waals surface area contributed by atoms with E-state index in [1.54, 1.807) is 28.9 Å². The van der Waals surface area contributed by atoms with E-state index in [0.717, 1.165) is 0 Å². The van der Waals surface area contributed by atoms with Crippen molar-refractivity contribution in [2.24, 2.45) is 0 Å². The van der Waals surface area contributed by atoms with Crippen LogP contribution >= 0.6 is 0 Å².